The lowest BCUT2D eigenvalue weighted by Crippen LogP contribution is -2.25. The van der Waals surface area contributed by atoms with Crippen LogP contribution >= 0.6 is 11.6 Å². The fourth-order valence-corrected chi connectivity index (χ4v) is 2.23. The Bertz CT molecular complexity index is 347. The minimum absolute atomic E-state index is 0.0528. The third-order valence-electron chi connectivity index (χ3n) is 1.59. The zero-order valence-electron chi connectivity index (χ0n) is 7.57. The Kier molecular flexibility index (Phi) is 4.44. The molecule has 0 amide bonds. The van der Waals surface area contributed by atoms with Crippen LogP contribution in [0.4, 0.5) is 0 Å². The topological polar surface area (TPSA) is 59.3 Å². The molecule has 0 fully saturated rings. The van der Waals surface area contributed by atoms with Gasteiger partial charge in [0.25, 0.3) is 0 Å². The number of alkyl halides is 1. The Labute approximate surface area is 88.3 Å². The second-order valence-electron chi connectivity index (χ2n) is 2.76. The molecule has 0 atom stereocenters. The van der Waals surface area contributed by atoms with Crippen LogP contribution in [0.25, 0.3) is 0 Å². The van der Waals surface area contributed by atoms with Crippen LogP contribution < -0.4 is 4.72 Å². The van der Waals surface area contributed by atoms with Gasteiger partial charge in [0.05, 0.1) is 18.6 Å². The van der Waals surface area contributed by atoms with E-state index < -0.39 is 10.0 Å². The van der Waals surface area contributed by atoms with Gasteiger partial charge in [-0.1, -0.05) is 0 Å². The maximum absolute atomic E-state index is 11.3. The van der Waals surface area contributed by atoms with E-state index in [1.165, 1.54) is 6.26 Å². The van der Waals surface area contributed by atoms with Gasteiger partial charge in [-0.15, -0.1) is 11.6 Å². The van der Waals surface area contributed by atoms with E-state index in [1.54, 1.807) is 12.1 Å². The van der Waals surface area contributed by atoms with E-state index in [-0.39, 0.29) is 12.3 Å². The van der Waals surface area contributed by atoms with Gasteiger partial charge in [0, 0.05) is 5.88 Å². The molecule has 0 bridgehead atoms. The SMILES string of the molecule is O=S(=O)(CCCCl)NCc1ccco1. The fourth-order valence-electron chi connectivity index (χ4n) is 0.911. The molecule has 6 heteroatoms. The van der Waals surface area contributed by atoms with Gasteiger partial charge in [0.2, 0.25) is 10.0 Å². The second-order valence-corrected chi connectivity index (χ2v) is 5.07. The van der Waals surface area contributed by atoms with E-state index in [0.717, 1.165) is 0 Å². The standard InChI is InChI=1S/C8H12ClNO3S/c9-4-2-6-14(11,12)10-7-8-3-1-5-13-8/h1,3,5,10H,2,4,6-7H2. The Morgan fingerprint density at radius 1 is 1.50 bits per heavy atom. The van der Waals surface area contributed by atoms with Gasteiger partial charge >= 0.3 is 0 Å². The average molecular weight is 238 g/mol. The van der Waals surface area contributed by atoms with Crippen LogP contribution in [-0.4, -0.2) is 20.1 Å². The zero-order chi connectivity index (χ0) is 10.4. The Hall–Kier alpha value is -0.520. The normalized spacial score (nSPS) is 11.8. The lowest BCUT2D eigenvalue weighted by Gasteiger charge is -2.03. The molecule has 0 radical (unpaired) electrons. The van der Waals surface area contributed by atoms with Crippen molar-refractivity contribution in [3.05, 3.63) is 24.2 Å². The van der Waals surface area contributed by atoms with Gasteiger partial charge < -0.3 is 4.42 Å². The summed E-state index contributed by atoms with van der Waals surface area (Å²) in [6.07, 6.45) is 1.96. The van der Waals surface area contributed by atoms with E-state index in [4.69, 9.17) is 16.0 Å². The van der Waals surface area contributed by atoms with Gasteiger partial charge in [-0.05, 0) is 18.6 Å². The second kappa shape index (κ2) is 5.38. The first-order chi connectivity index (χ1) is 6.64. The van der Waals surface area contributed by atoms with Crippen molar-refractivity contribution in [1.82, 2.24) is 4.72 Å². The first-order valence-corrected chi connectivity index (χ1v) is 6.38. The number of halogens is 1. The van der Waals surface area contributed by atoms with Gasteiger partial charge in [0.15, 0.2) is 0 Å². The van der Waals surface area contributed by atoms with Crippen molar-refractivity contribution in [2.45, 2.75) is 13.0 Å². The van der Waals surface area contributed by atoms with Crippen LogP contribution in [0.3, 0.4) is 0 Å². The van der Waals surface area contributed by atoms with Crippen molar-refractivity contribution in [2.75, 3.05) is 11.6 Å². The summed E-state index contributed by atoms with van der Waals surface area (Å²) in [5, 5.41) is 0. The molecule has 0 aliphatic heterocycles. The lowest BCUT2D eigenvalue weighted by molar-refractivity contribution is 0.498. The third-order valence-corrected chi connectivity index (χ3v) is 3.27. The number of sulfonamides is 1. The maximum atomic E-state index is 11.3. The van der Waals surface area contributed by atoms with E-state index in [0.29, 0.717) is 18.1 Å². The number of hydrogen-bond donors (Lipinski definition) is 1. The zero-order valence-corrected chi connectivity index (χ0v) is 9.14. The van der Waals surface area contributed by atoms with E-state index in [2.05, 4.69) is 4.72 Å². The van der Waals surface area contributed by atoms with E-state index >= 15 is 0 Å². The van der Waals surface area contributed by atoms with Crippen LogP contribution in [0.15, 0.2) is 22.8 Å². The molecule has 0 aliphatic carbocycles. The van der Waals surface area contributed by atoms with Crippen LogP contribution in [-0.2, 0) is 16.6 Å². The highest BCUT2D eigenvalue weighted by atomic mass is 35.5. The molecule has 1 N–H and O–H groups in total. The summed E-state index contributed by atoms with van der Waals surface area (Å²) in [5.74, 6) is 0.998. The number of rotatable bonds is 6. The molecule has 1 heterocycles. The summed E-state index contributed by atoms with van der Waals surface area (Å²) >= 11 is 5.40. The molecule has 80 valence electrons. The highest BCUT2D eigenvalue weighted by molar-refractivity contribution is 7.89. The molecule has 14 heavy (non-hydrogen) atoms. The molecule has 0 spiro atoms. The molecule has 0 unspecified atom stereocenters. The van der Waals surface area contributed by atoms with Crippen molar-refractivity contribution in [1.29, 1.82) is 0 Å². The largest absolute Gasteiger partial charge is 0.468 e. The van der Waals surface area contributed by atoms with Crippen molar-refractivity contribution >= 4 is 21.6 Å². The molecule has 0 aromatic carbocycles. The number of nitrogens with one attached hydrogen (secondary N) is 1. The Morgan fingerprint density at radius 3 is 2.86 bits per heavy atom. The molecule has 4 nitrogen and oxygen atoms in total. The highest BCUT2D eigenvalue weighted by Crippen LogP contribution is 2.00. The molecule has 0 saturated carbocycles. The number of hydrogen-bond acceptors (Lipinski definition) is 3. The summed E-state index contributed by atoms with van der Waals surface area (Å²) in [4.78, 5) is 0. The molecular formula is C8H12ClNO3S. The Morgan fingerprint density at radius 2 is 2.29 bits per heavy atom. The van der Waals surface area contributed by atoms with Gasteiger partial charge in [-0.2, -0.15) is 0 Å². The van der Waals surface area contributed by atoms with Crippen molar-refractivity contribution in [3.8, 4) is 0 Å². The molecule has 1 aromatic heterocycles. The average Bonchev–Trinajstić information content (AvgIpc) is 2.64. The first kappa shape index (κ1) is 11.6. The monoisotopic (exact) mass is 237 g/mol. The van der Waals surface area contributed by atoms with Gasteiger partial charge in [0.1, 0.15) is 5.76 Å². The fraction of sp³-hybridized carbons (Fsp3) is 0.500. The molecule has 0 saturated heterocycles. The maximum Gasteiger partial charge on any atom is 0.212 e. The van der Waals surface area contributed by atoms with E-state index in [1.807, 2.05) is 0 Å². The summed E-state index contributed by atoms with van der Waals surface area (Å²) in [5.41, 5.74) is 0. The predicted molar refractivity (Wildman–Crippen MR) is 54.7 cm³/mol. The molecule has 1 aromatic rings. The lowest BCUT2D eigenvalue weighted by atomic mass is 10.5. The highest BCUT2D eigenvalue weighted by Gasteiger charge is 2.09. The smallest absolute Gasteiger partial charge is 0.212 e. The minimum atomic E-state index is -3.21. The summed E-state index contributed by atoms with van der Waals surface area (Å²) in [7, 11) is -3.21. The summed E-state index contributed by atoms with van der Waals surface area (Å²) < 4.78 is 29.9. The summed E-state index contributed by atoms with van der Waals surface area (Å²) in [6, 6.07) is 3.42. The van der Waals surface area contributed by atoms with Crippen molar-refractivity contribution in [2.24, 2.45) is 0 Å². The predicted octanol–water partition coefficient (Wildman–Crippen LogP) is 1.33. The Balaban J connectivity index is 2.37. The van der Waals surface area contributed by atoms with Crippen LogP contribution in [0.2, 0.25) is 0 Å². The van der Waals surface area contributed by atoms with Gasteiger partial charge in [-0.25, -0.2) is 13.1 Å². The minimum Gasteiger partial charge on any atom is -0.468 e. The van der Waals surface area contributed by atoms with Crippen LogP contribution in [0.1, 0.15) is 12.2 Å². The molecule has 1 rings (SSSR count). The third kappa shape index (κ3) is 4.13. The first-order valence-electron chi connectivity index (χ1n) is 4.20. The van der Waals surface area contributed by atoms with Crippen LogP contribution in [0, 0.1) is 0 Å². The quantitative estimate of drug-likeness (QED) is 0.760. The van der Waals surface area contributed by atoms with Crippen molar-refractivity contribution in [3.63, 3.8) is 0 Å². The molecule has 0 aliphatic rings. The van der Waals surface area contributed by atoms with Crippen molar-refractivity contribution < 1.29 is 12.8 Å². The van der Waals surface area contributed by atoms with Crippen LogP contribution in [0.5, 0.6) is 0 Å². The molecular weight excluding hydrogens is 226 g/mol. The van der Waals surface area contributed by atoms with E-state index in [9.17, 15) is 8.42 Å². The summed E-state index contributed by atoms with van der Waals surface area (Å²) in [6.45, 7) is 0.192. The number of furan rings is 1. The van der Waals surface area contributed by atoms with Gasteiger partial charge in [-0.3, -0.25) is 0 Å².